The van der Waals surface area contributed by atoms with Gasteiger partial charge in [-0.1, -0.05) is 6.07 Å². The first-order valence-electron chi connectivity index (χ1n) is 12.1. The van der Waals surface area contributed by atoms with Gasteiger partial charge in [-0.2, -0.15) is 13.2 Å². The lowest BCUT2D eigenvalue weighted by atomic mass is 9.99. The summed E-state index contributed by atoms with van der Waals surface area (Å²) in [7, 11) is 4.11. The maximum atomic E-state index is 12.8. The van der Waals surface area contributed by atoms with Crippen LogP contribution in [0.1, 0.15) is 39.0 Å². The molecule has 35 heavy (non-hydrogen) atoms. The predicted molar refractivity (Wildman–Crippen MR) is 132 cm³/mol. The van der Waals surface area contributed by atoms with Crippen molar-refractivity contribution in [3.05, 3.63) is 64.2 Å². The molecule has 0 aromatic heterocycles. The number of amides is 1. The molecule has 192 valence electrons. The van der Waals surface area contributed by atoms with E-state index in [9.17, 15) is 18.0 Å². The summed E-state index contributed by atoms with van der Waals surface area (Å²) in [6, 6.07) is 8.67. The maximum absolute atomic E-state index is 12.8. The highest BCUT2D eigenvalue weighted by Crippen LogP contribution is 2.29. The summed E-state index contributed by atoms with van der Waals surface area (Å²) in [6.07, 6.45) is -2.50. The van der Waals surface area contributed by atoms with Gasteiger partial charge in [0.1, 0.15) is 5.75 Å². The second-order valence-corrected chi connectivity index (χ2v) is 9.44. The van der Waals surface area contributed by atoms with Crippen LogP contribution in [0.2, 0.25) is 0 Å². The lowest BCUT2D eigenvalue weighted by molar-refractivity contribution is -0.137. The van der Waals surface area contributed by atoms with Crippen molar-refractivity contribution in [2.75, 3.05) is 60.0 Å². The van der Waals surface area contributed by atoms with Crippen molar-refractivity contribution >= 4 is 5.91 Å². The third-order valence-electron chi connectivity index (χ3n) is 6.67. The second-order valence-electron chi connectivity index (χ2n) is 9.44. The quantitative estimate of drug-likeness (QED) is 0.479. The van der Waals surface area contributed by atoms with Gasteiger partial charge < -0.3 is 14.5 Å². The average Bonchev–Trinajstić information content (AvgIpc) is 2.83. The van der Waals surface area contributed by atoms with Gasteiger partial charge in [0.2, 0.25) is 0 Å². The Morgan fingerprint density at radius 3 is 2.23 bits per heavy atom. The molecule has 2 aromatic carbocycles. The van der Waals surface area contributed by atoms with Crippen molar-refractivity contribution in [1.29, 1.82) is 0 Å². The SMILES string of the molecule is Cc1c(CCN2CCN(C(=O)c3ccc(C(F)(F)F)cc3)CC2)ccc(OCCCN(C)C)c1C. The molecular weight excluding hydrogens is 455 g/mol. The van der Waals surface area contributed by atoms with E-state index < -0.39 is 11.7 Å². The Morgan fingerprint density at radius 1 is 0.971 bits per heavy atom. The Balaban J connectivity index is 1.47. The van der Waals surface area contributed by atoms with Crippen LogP contribution in [0.15, 0.2) is 36.4 Å². The van der Waals surface area contributed by atoms with Crippen molar-refractivity contribution in [1.82, 2.24) is 14.7 Å². The molecule has 1 fully saturated rings. The third-order valence-corrected chi connectivity index (χ3v) is 6.67. The van der Waals surface area contributed by atoms with Gasteiger partial charge in [-0.3, -0.25) is 9.69 Å². The Hall–Kier alpha value is -2.58. The number of benzene rings is 2. The number of nitrogens with zero attached hydrogens (tertiary/aromatic N) is 3. The molecule has 0 atom stereocenters. The monoisotopic (exact) mass is 491 g/mol. The first kappa shape index (κ1) is 27.0. The summed E-state index contributed by atoms with van der Waals surface area (Å²) in [6.45, 7) is 9.46. The van der Waals surface area contributed by atoms with Crippen LogP contribution in [0.4, 0.5) is 13.2 Å². The van der Waals surface area contributed by atoms with Crippen LogP contribution in [0, 0.1) is 13.8 Å². The van der Waals surface area contributed by atoms with Crippen molar-refractivity contribution < 1.29 is 22.7 Å². The minimum Gasteiger partial charge on any atom is -0.493 e. The van der Waals surface area contributed by atoms with E-state index in [1.807, 2.05) is 0 Å². The number of hydrogen-bond acceptors (Lipinski definition) is 4. The molecule has 0 N–H and O–H groups in total. The first-order valence-corrected chi connectivity index (χ1v) is 12.1. The zero-order valence-corrected chi connectivity index (χ0v) is 21.1. The number of rotatable bonds is 9. The largest absolute Gasteiger partial charge is 0.493 e. The predicted octanol–water partition coefficient (Wildman–Crippen LogP) is 4.65. The van der Waals surface area contributed by atoms with Crippen molar-refractivity contribution in [3.8, 4) is 5.75 Å². The number of ether oxygens (including phenoxy) is 1. The molecule has 5 nitrogen and oxygen atoms in total. The van der Waals surface area contributed by atoms with Crippen LogP contribution < -0.4 is 4.74 Å². The molecule has 1 aliphatic heterocycles. The normalized spacial score (nSPS) is 15.0. The van der Waals surface area contributed by atoms with Gasteiger partial charge >= 0.3 is 6.18 Å². The average molecular weight is 492 g/mol. The number of hydrogen-bond donors (Lipinski definition) is 0. The molecule has 1 aliphatic rings. The second kappa shape index (κ2) is 11.9. The van der Waals surface area contributed by atoms with E-state index in [1.54, 1.807) is 4.90 Å². The van der Waals surface area contributed by atoms with E-state index in [-0.39, 0.29) is 5.91 Å². The minimum atomic E-state index is -4.40. The van der Waals surface area contributed by atoms with Crippen LogP contribution in [-0.4, -0.2) is 80.6 Å². The molecule has 1 heterocycles. The Morgan fingerprint density at radius 2 is 1.63 bits per heavy atom. The molecule has 8 heteroatoms. The lowest BCUT2D eigenvalue weighted by Crippen LogP contribution is -2.49. The molecule has 0 spiro atoms. The van der Waals surface area contributed by atoms with E-state index in [0.717, 1.165) is 56.9 Å². The summed E-state index contributed by atoms with van der Waals surface area (Å²) >= 11 is 0. The van der Waals surface area contributed by atoms with Crippen molar-refractivity contribution in [2.45, 2.75) is 32.9 Å². The summed E-state index contributed by atoms with van der Waals surface area (Å²) in [5.41, 5.74) is 3.28. The van der Waals surface area contributed by atoms with Crippen LogP contribution >= 0.6 is 0 Å². The molecule has 0 unspecified atom stereocenters. The third kappa shape index (κ3) is 7.45. The smallest absolute Gasteiger partial charge is 0.416 e. The summed E-state index contributed by atoms with van der Waals surface area (Å²) in [4.78, 5) is 18.9. The van der Waals surface area contributed by atoms with Gasteiger partial charge in [-0.25, -0.2) is 0 Å². The van der Waals surface area contributed by atoms with E-state index in [1.165, 1.54) is 28.8 Å². The van der Waals surface area contributed by atoms with Gasteiger partial charge in [0, 0.05) is 44.8 Å². The fourth-order valence-electron chi connectivity index (χ4n) is 4.28. The topological polar surface area (TPSA) is 36.0 Å². The standard InChI is InChI=1S/C27H36F3N3O2/c1-20-21(2)25(35-19-5-13-31(3)4)11-8-22(20)12-14-32-15-17-33(18-16-32)26(34)23-6-9-24(10-7-23)27(28,29)30/h6-11H,5,12-19H2,1-4H3. The molecular formula is C27H36F3N3O2. The van der Waals surface area contributed by atoms with E-state index in [0.29, 0.717) is 25.3 Å². The van der Waals surface area contributed by atoms with Gasteiger partial charge in [0.25, 0.3) is 5.91 Å². The number of carbonyl (C=O) groups is 1. The highest BCUT2D eigenvalue weighted by Gasteiger charge is 2.30. The molecule has 0 aliphatic carbocycles. The summed E-state index contributed by atoms with van der Waals surface area (Å²) < 4.78 is 44.3. The highest BCUT2D eigenvalue weighted by molar-refractivity contribution is 5.94. The van der Waals surface area contributed by atoms with Gasteiger partial charge in [-0.15, -0.1) is 0 Å². The van der Waals surface area contributed by atoms with Crippen LogP contribution in [0.5, 0.6) is 5.75 Å². The van der Waals surface area contributed by atoms with E-state index in [2.05, 4.69) is 49.9 Å². The molecule has 0 saturated carbocycles. The van der Waals surface area contributed by atoms with Gasteiger partial charge in [-0.05, 0) is 87.8 Å². The van der Waals surface area contributed by atoms with E-state index >= 15 is 0 Å². The molecule has 0 radical (unpaired) electrons. The zero-order valence-electron chi connectivity index (χ0n) is 21.1. The first-order chi connectivity index (χ1) is 16.6. The number of carbonyl (C=O) groups excluding carboxylic acids is 1. The number of alkyl halides is 3. The Bertz CT molecular complexity index is 982. The lowest BCUT2D eigenvalue weighted by Gasteiger charge is -2.35. The van der Waals surface area contributed by atoms with Crippen LogP contribution in [0.25, 0.3) is 0 Å². The summed E-state index contributed by atoms with van der Waals surface area (Å²) in [5.74, 6) is 0.728. The van der Waals surface area contributed by atoms with Crippen molar-refractivity contribution in [2.24, 2.45) is 0 Å². The van der Waals surface area contributed by atoms with Gasteiger partial charge in [0.05, 0.1) is 12.2 Å². The van der Waals surface area contributed by atoms with Crippen LogP contribution in [-0.2, 0) is 12.6 Å². The van der Waals surface area contributed by atoms with Crippen LogP contribution in [0.3, 0.4) is 0 Å². The zero-order chi connectivity index (χ0) is 25.6. The van der Waals surface area contributed by atoms with E-state index in [4.69, 9.17) is 4.74 Å². The van der Waals surface area contributed by atoms with Crippen molar-refractivity contribution in [3.63, 3.8) is 0 Å². The fourth-order valence-corrected chi connectivity index (χ4v) is 4.28. The number of piperazine rings is 1. The molecule has 0 bridgehead atoms. The molecule has 2 aromatic rings. The number of halogens is 3. The Labute approximate surface area is 206 Å². The highest BCUT2D eigenvalue weighted by atomic mass is 19.4. The minimum absolute atomic E-state index is 0.217. The molecule has 1 amide bonds. The fraction of sp³-hybridized carbons (Fsp3) is 0.519. The summed E-state index contributed by atoms with van der Waals surface area (Å²) in [5, 5.41) is 0. The maximum Gasteiger partial charge on any atom is 0.416 e. The molecule has 1 saturated heterocycles. The Kier molecular flexibility index (Phi) is 9.19. The van der Waals surface area contributed by atoms with Gasteiger partial charge in [0.15, 0.2) is 0 Å². The molecule has 3 rings (SSSR count).